The third kappa shape index (κ3) is 4.18. The van der Waals surface area contributed by atoms with E-state index in [0.29, 0.717) is 19.6 Å². The molecular formula is C13H17FN2O3. The number of β-amino-alcohol motifs (C(OH)–C–C–N with tert-alkyl or cyclic N) is 1. The van der Waals surface area contributed by atoms with Crippen LogP contribution < -0.4 is 10.1 Å². The lowest BCUT2D eigenvalue weighted by atomic mass is 10.3. The minimum Gasteiger partial charge on any atom is -0.488 e. The Morgan fingerprint density at radius 1 is 1.47 bits per heavy atom. The van der Waals surface area contributed by atoms with Crippen LogP contribution in [0.3, 0.4) is 0 Å². The Balaban J connectivity index is 1.77. The zero-order valence-electron chi connectivity index (χ0n) is 10.5. The highest BCUT2D eigenvalue weighted by atomic mass is 19.1. The number of nitrogens with one attached hydrogen (secondary N) is 1. The van der Waals surface area contributed by atoms with Crippen LogP contribution in [-0.4, -0.2) is 54.8 Å². The van der Waals surface area contributed by atoms with Crippen molar-refractivity contribution < 1.29 is 19.0 Å². The second-order valence-electron chi connectivity index (χ2n) is 4.48. The van der Waals surface area contributed by atoms with Crippen molar-refractivity contribution in [3.05, 3.63) is 30.1 Å². The van der Waals surface area contributed by atoms with E-state index in [2.05, 4.69) is 5.32 Å². The molecule has 5 nitrogen and oxygen atoms in total. The number of amides is 1. The Morgan fingerprint density at radius 3 is 3.00 bits per heavy atom. The zero-order chi connectivity index (χ0) is 13.7. The van der Waals surface area contributed by atoms with Gasteiger partial charge in [-0.25, -0.2) is 4.39 Å². The van der Waals surface area contributed by atoms with Crippen LogP contribution >= 0.6 is 0 Å². The van der Waals surface area contributed by atoms with Crippen LogP contribution in [0.1, 0.15) is 0 Å². The van der Waals surface area contributed by atoms with Gasteiger partial charge in [0.25, 0.3) is 0 Å². The number of benzene rings is 1. The molecule has 1 amide bonds. The summed E-state index contributed by atoms with van der Waals surface area (Å²) in [5.74, 6) is -0.376. The molecule has 1 aromatic carbocycles. The normalized spacial score (nSPS) is 17.9. The minimum absolute atomic E-state index is 0.000940. The van der Waals surface area contributed by atoms with Crippen LogP contribution in [0.25, 0.3) is 0 Å². The van der Waals surface area contributed by atoms with Gasteiger partial charge in [0.05, 0.1) is 6.54 Å². The highest BCUT2D eigenvalue weighted by Gasteiger charge is 2.19. The predicted molar refractivity (Wildman–Crippen MR) is 67.4 cm³/mol. The van der Waals surface area contributed by atoms with Crippen molar-refractivity contribution in [1.29, 1.82) is 0 Å². The predicted octanol–water partition coefficient (Wildman–Crippen LogP) is -0.00280. The summed E-state index contributed by atoms with van der Waals surface area (Å²) in [5.41, 5.74) is 0. The molecule has 0 spiro atoms. The van der Waals surface area contributed by atoms with Gasteiger partial charge in [0, 0.05) is 19.6 Å². The fraction of sp³-hybridized carbons (Fsp3) is 0.462. The number of nitrogens with zero attached hydrogens (tertiary/aromatic N) is 1. The number of halogens is 1. The van der Waals surface area contributed by atoms with Crippen molar-refractivity contribution in [2.75, 3.05) is 32.8 Å². The fourth-order valence-electron chi connectivity index (χ4n) is 1.95. The second-order valence-corrected chi connectivity index (χ2v) is 4.48. The number of hydrogen-bond donors (Lipinski definition) is 2. The fourth-order valence-corrected chi connectivity index (χ4v) is 1.95. The Labute approximate surface area is 111 Å². The summed E-state index contributed by atoms with van der Waals surface area (Å²) in [5, 5.41) is 12.5. The van der Waals surface area contributed by atoms with Crippen LogP contribution in [0.4, 0.5) is 4.39 Å². The maximum atomic E-state index is 13.3. The van der Waals surface area contributed by atoms with Gasteiger partial charge in [0.1, 0.15) is 12.7 Å². The summed E-state index contributed by atoms with van der Waals surface area (Å²) in [6.45, 7) is 1.89. The van der Waals surface area contributed by atoms with E-state index in [-0.39, 0.29) is 24.8 Å². The van der Waals surface area contributed by atoms with Gasteiger partial charge in [-0.1, -0.05) is 12.1 Å². The quantitative estimate of drug-likeness (QED) is 0.789. The third-order valence-electron chi connectivity index (χ3n) is 2.85. The minimum atomic E-state index is -0.759. The lowest BCUT2D eigenvalue weighted by molar-refractivity contribution is -0.124. The number of piperazine rings is 1. The van der Waals surface area contributed by atoms with Crippen LogP contribution in [0, 0.1) is 5.82 Å². The van der Waals surface area contributed by atoms with Gasteiger partial charge in [-0.2, -0.15) is 0 Å². The van der Waals surface area contributed by atoms with Crippen molar-refractivity contribution >= 4 is 5.91 Å². The Bertz CT molecular complexity index is 442. The summed E-state index contributed by atoms with van der Waals surface area (Å²) in [6, 6.07) is 6.05. The van der Waals surface area contributed by atoms with E-state index in [1.165, 1.54) is 12.1 Å². The number of carbonyl (C=O) groups is 1. The van der Waals surface area contributed by atoms with E-state index in [1.807, 2.05) is 4.90 Å². The molecule has 1 unspecified atom stereocenters. The highest BCUT2D eigenvalue weighted by molar-refractivity contribution is 5.78. The summed E-state index contributed by atoms with van der Waals surface area (Å²) >= 11 is 0. The Hall–Kier alpha value is -1.66. The van der Waals surface area contributed by atoms with Crippen LogP contribution in [0.5, 0.6) is 5.75 Å². The second kappa shape index (κ2) is 6.49. The van der Waals surface area contributed by atoms with E-state index < -0.39 is 11.9 Å². The first-order chi connectivity index (χ1) is 9.15. The van der Waals surface area contributed by atoms with E-state index >= 15 is 0 Å². The first-order valence-electron chi connectivity index (χ1n) is 6.19. The molecule has 1 heterocycles. The molecule has 104 valence electrons. The van der Waals surface area contributed by atoms with Gasteiger partial charge in [-0.3, -0.25) is 9.69 Å². The van der Waals surface area contributed by atoms with Crippen molar-refractivity contribution in [1.82, 2.24) is 10.2 Å². The molecule has 1 fully saturated rings. The monoisotopic (exact) mass is 268 g/mol. The Kier molecular flexibility index (Phi) is 4.70. The van der Waals surface area contributed by atoms with Gasteiger partial charge >= 0.3 is 0 Å². The van der Waals surface area contributed by atoms with Crippen molar-refractivity contribution in [2.45, 2.75) is 6.10 Å². The van der Waals surface area contributed by atoms with Crippen LogP contribution in [0.2, 0.25) is 0 Å². The summed E-state index contributed by atoms with van der Waals surface area (Å²) in [7, 11) is 0. The molecule has 6 heteroatoms. The van der Waals surface area contributed by atoms with Gasteiger partial charge in [0.2, 0.25) is 5.91 Å². The molecule has 0 aromatic heterocycles. The standard InChI is InChI=1S/C13H17FN2O3/c14-11-3-1-2-4-12(11)19-9-10(17)7-16-6-5-15-13(18)8-16/h1-4,10,17H,5-9H2,(H,15,18). The van der Waals surface area contributed by atoms with E-state index in [9.17, 15) is 14.3 Å². The molecule has 1 aromatic rings. The molecule has 0 radical (unpaired) electrons. The number of carbonyl (C=O) groups excluding carboxylic acids is 1. The van der Waals surface area contributed by atoms with Crippen molar-refractivity contribution in [2.24, 2.45) is 0 Å². The molecule has 1 saturated heterocycles. The van der Waals surface area contributed by atoms with Crippen molar-refractivity contribution in [3.8, 4) is 5.75 Å². The highest BCUT2D eigenvalue weighted by Crippen LogP contribution is 2.15. The SMILES string of the molecule is O=C1CN(CC(O)COc2ccccc2F)CCN1. The molecular weight excluding hydrogens is 251 g/mol. The average molecular weight is 268 g/mol. The van der Waals surface area contributed by atoms with Gasteiger partial charge in [0.15, 0.2) is 11.6 Å². The smallest absolute Gasteiger partial charge is 0.234 e. The largest absolute Gasteiger partial charge is 0.488 e. The maximum Gasteiger partial charge on any atom is 0.234 e. The molecule has 0 aliphatic carbocycles. The number of hydrogen-bond acceptors (Lipinski definition) is 4. The zero-order valence-corrected chi connectivity index (χ0v) is 10.5. The first kappa shape index (κ1) is 13.8. The number of para-hydroxylation sites is 1. The summed E-state index contributed by atoms with van der Waals surface area (Å²) in [4.78, 5) is 13.0. The maximum absolute atomic E-state index is 13.3. The molecule has 0 saturated carbocycles. The lowest BCUT2D eigenvalue weighted by Gasteiger charge is -2.28. The van der Waals surface area contributed by atoms with Gasteiger partial charge in [-0.15, -0.1) is 0 Å². The molecule has 2 rings (SSSR count). The topological polar surface area (TPSA) is 61.8 Å². The van der Waals surface area contributed by atoms with E-state index in [0.717, 1.165) is 0 Å². The molecule has 1 atom stereocenters. The van der Waals surface area contributed by atoms with Gasteiger partial charge in [-0.05, 0) is 12.1 Å². The number of rotatable bonds is 5. The van der Waals surface area contributed by atoms with Crippen molar-refractivity contribution in [3.63, 3.8) is 0 Å². The third-order valence-corrected chi connectivity index (χ3v) is 2.85. The number of aliphatic hydroxyl groups is 1. The lowest BCUT2D eigenvalue weighted by Crippen LogP contribution is -2.50. The van der Waals surface area contributed by atoms with E-state index in [1.54, 1.807) is 12.1 Å². The molecule has 0 bridgehead atoms. The molecule has 1 aliphatic rings. The molecule has 1 aliphatic heterocycles. The average Bonchev–Trinajstić information content (AvgIpc) is 2.38. The molecule has 19 heavy (non-hydrogen) atoms. The first-order valence-corrected chi connectivity index (χ1v) is 6.19. The number of ether oxygens (including phenoxy) is 1. The number of aliphatic hydroxyl groups excluding tert-OH is 1. The van der Waals surface area contributed by atoms with Crippen LogP contribution in [0.15, 0.2) is 24.3 Å². The Morgan fingerprint density at radius 2 is 2.26 bits per heavy atom. The summed E-state index contributed by atoms with van der Waals surface area (Å²) < 4.78 is 18.5. The van der Waals surface area contributed by atoms with Gasteiger partial charge < -0.3 is 15.2 Å². The molecule has 2 N–H and O–H groups in total. The summed E-state index contributed by atoms with van der Waals surface area (Å²) in [6.07, 6.45) is -0.759. The van der Waals surface area contributed by atoms with E-state index in [4.69, 9.17) is 4.74 Å². The van der Waals surface area contributed by atoms with Crippen LogP contribution in [-0.2, 0) is 4.79 Å².